The summed E-state index contributed by atoms with van der Waals surface area (Å²) >= 11 is 0. The topological polar surface area (TPSA) is 71.1 Å². The van der Waals surface area contributed by atoms with E-state index in [0.717, 1.165) is 4.52 Å². The van der Waals surface area contributed by atoms with Crippen LogP contribution >= 0.6 is 0 Å². The van der Waals surface area contributed by atoms with Gasteiger partial charge in [-0.2, -0.15) is 9.78 Å². The summed E-state index contributed by atoms with van der Waals surface area (Å²) < 4.78 is 2.15. The average Bonchev–Trinajstić information content (AvgIpc) is 2.64. The molecule has 0 amide bonds. The first kappa shape index (κ1) is 9.94. The third-order valence-electron chi connectivity index (χ3n) is 2.56. The molecular formula is C10H6N4O2. The molecule has 0 spiro atoms. The first-order valence-corrected chi connectivity index (χ1v) is 4.42. The Kier molecular flexibility index (Phi) is 1.83. The molecule has 2 aromatic heterocycles. The van der Waals surface area contributed by atoms with Crippen molar-refractivity contribution in [1.29, 1.82) is 5.26 Å². The second-order valence-corrected chi connectivity index (χ2v) is 3.35. The molecule has 0 aliphatic carbocycles. The second-order valence-electron chi connectivity index (χ2n) is 3.35. The van der Waals surface area contributed by atoms with Crippen LogP contribution in [0.2, 0.25) is 0 Å². The van der Waals surface area contributed by atoms with E-state index in [1.807, 2.05) is 0 Å². The average molecular weight is 214 g/mol. The van der Waals surface area contributed by atoms with Crippen LogP contribution in [0.3, 0.4) is 0 Å². The number of rotatable bonds is 0. The molecule has 16 heavy (non-hydrogen) atoms. The predicted octanol–water partition coefficient (Wildman–Crippen LogP) is 0.236. The first-order chi connectivity index (χ1) is 7.54. The summed E-state index contributed by atoms with van der Waals surface area (Å²) in [4.78, 5) is 26.5. The summed E-state index contributed by atoms with van der Waals surface area (Å²) in [6.45, 7) is 10.0. The number of nitriles is 1. The molecule has 2 aromatic rings. The molecule has 2 rings (SSSR count). The van der Waals surface area contributed by atoms with Gasteiger partial charge in [0.05, 0.1) is 18.0 Å². The van der Waals surface area contributed by atoms with Crippen molar-refractivity contribution in [2.75, 3.05) is 0 Å². The third-order valence-corrected chi connectivity index (χ3v) is 2.56. The van der Waals surface area contributed by atoms with Crippen LogP contribution in [0.25, 0.3) is 4.85 Å². The molecule has 6 heteroatoms. The van der Waals surface area contributed by atoms with Crippen LogP contribution in [-0.2, 0) is 0 Å². The summed E-state index contributed by atoms with van der Waals surface area (Å²) in [7, 11) is 0. The SMILES string of the molecule is [C-]#[N+]c1c(C)n2c(C)c(C#N)c(=O)n2c1=O. The van der Waals surface area contributed by atoms with E-state index in [-0.39, 0.29) is 11.3 Å². The van der Waals surface area contributed by atoms with Crippen molar-refractivity contribution in [2.24, 2.45) is 0 Å². The molecule has 0 unspecified atom stereocenters. The third kappa shape index (κ3) is 0.882. The van der Waals surface area contributed by atoms with Gasteiger partial charge in [0.1, 0.15) is 11.6 Å². The fourth-order valence-electron chi connectivity index (χ4n) is 1.80. The van der Waals surface area contributed by atoms with Crippen molar-refractivity contribution in [3.63, 3.8) is 0 Å². The Morgan fingerprint density at radius 1 is 1.19 bits per heavy atom. The van der Waals surface area contributed by atoms with Gasteiger partial charge in [0.25, 0.3) is 16.8 Å². The zero-order chi connectivity index (χ0) is 12.0. The summed E-state index contributed by atoms with van der Waals surface area (Å²) in [5.74, 6) is 0. The van der Waals surface area contributed by atoms with Crippen LogP contribution in [0.1, 0.15) is 17.0 Å². The van der Waals surface area contributed by atoms with Crippen LogP contribution in [0.5, 0.6) is 0 Å². The van der Waals surface area contributed by atoms with E-state index < -0.39 is 11.1 Å². The van der Waals surface area contributed by atoms with Crippen LogP contribution in [-0.4, -0.2) is 9.03 Å². The number of aromatic nitrogens is 2. The lowest BCUT2D eigenvalue weighted by molar-refractivity contribution is 0.768. The first-order valence-electron chi connectivity index (χ1n) is 4.42. The number of fused-ring (bicyclic) bond motifs is 1. The van der Waals surface area contributed by atoms with Crippen molar-refractivity contribution in [3.05, 3.63) is 49.1 Å². The molecule has 6 nitrogen and oxygen atoms in total. The van der Waals surface area contributed by atoms with Gasteiger partial charge in [-0.15, -0.1) is 0 Å². The molecule has 0 saturated heterocycles. The molecule has 0 atom stereocenters. The summed E-state index contributed by atoms with van der Waals surface area (Å²) in [5, 5.41) is 8.79. The Morgan fingerprint density at radius 2 is 1.81 bits per heavy atom. The van der Waals surface area contributed by atoms with Crippen LogP contribution < -0.4 is 11.1 Å². The highest BCUT2D eigenvalue weighted by Crippen LogP contribution is 2.15. The van der Waals surface area contributed by atoms with Crippen molar-refractivity contribution < 1.29 is 0 Å². The van der Waals surface area contributed by atoms with Gasteiger partial charge < -0.3 is 0 Å². The van der Waals surface area contributed by atoms with E-state index in [9.17, 15) is 9.59 Å². The molecule has 0 aromatic carbocycles. The van der Waals surface area contributed by atoms with Crippen LogP contribution in [0.4, 0.5) is 5.69 Å². The minimum atomic E-state index is -0.665. The summed E-state index contributed by atoms with van der Waals surface area (Å²) in [6, 6.07) is 1.76. The molecule has 0 saturated carbocycles. The molecule has 2 heterocycles. The Morgan fingerprint density at radius 3 is 2.25 bits per heavy atom. The maximum Gasteiger partial charge on any atom is 0.291 e. The Balaban J connectivity index is 3.23. The fraction of sp³-hybridized carbons (Fsp3) is 0.200. The summed E-state index contributed by atoms with van der Waals surface area (Å²) in [5.41, 5.74) is -0.695. The standard InChI is InChI=1S/C10H6N4O2/c1-5-7(4-11)9(15)14-10(16)8(12-3)6(2)13(5)14/h1-2H3. The van der Waals surface area contributed by atoms with Gasteiger partial charge in [0.15, 0.2) is 0 Å². The molecule has 0 N–H and O–H groups in total. The molecule has 0 bridgehead atoms. The second kappa shape index (κ2) is 2.94. The number of nitrogens with zero attached hydrogens (tertiary/aromatic N) is 4. The predicted molar refractivity (Wildman–Crippen MR) is 55.0 cm³/mol. The van der Waals surface area contributed by atoms with Gasteiger partial charge in [0.2, 0.25) is 0 Å². The summed E-state index contributed by atoms with van der Waals surface area (Å²) in [6.07, 6.45) is 0. The van der Waals surface area contributed by atoms with E-state index in [4.69, 9.17) is 11.8 Å². The Labute approximate surface area is 89.7 Å². The smallest absolute Gasteiger partial charge is 0.281 e. The van der Waals surface area contributed by atoms with E-state index >= 15 is 0 Å². The highest BCUT2D eigenvalue weighted by Gasteiger charge is 2.21. The lowest BCUT2D eigenvalue weighted by Crippen LogP contribution is -2.22. The number of hydrogen-bond acceptors (Lipinski definition) is 3. The normalized spacial score (nSPS) is 10.2. The van der Waals surface area contributed by atoms with Crippen molar-refractivity contribution in [3.8, 4) is 6.07 Å². The lowest BCUT2D eigenvalue weighted by Gasteiger charge is -1.93. The Hall–Kier alpha value is -2.60. The highest BCUT2D eigenvalue weighted by molar-refractivity contribution is 5.49. The minimum Gasteiger partial charge on any atom is -0.281 e. The number of hydrogen-bond donors (Lipinski definition) is 0. The maximum atomic E-state index is 11.7. The van der Waals surface area contributed by atoms with Crippen molar-refractivity contribution in [2.45, 2.75) is 13.8 Å². The molecular weight excluding hydrogens is 208 g/mol. The van der Waals surface area contributed by atoms with Gasteiger partial charge in [-0.1, -0.05) is 0 Å². The van der Waals surface area contributed by atoms with Crippen LogP contribution in [0, 0.1) is 31.8 Å². The maximum absolute atomic E-state index is 11.7. The number of aryl methyl sites for hydroxylation is 2. The Bertz CT molecular complexity index is 719. The van der Waals surface area contributed by atoms with Gasteiger partial charge >= 0.3 is 0 Å². The fourth-order valence-corrected chi connectivity index (χ4v) is 1.80. The molecule has 78 valence electrons. The largest absolute Gasteiger partial charge is 0.291 e. The lowest BCUT2D eigenvalue weighted by atomic mass is 10.3. The monoisotopic (exact) mass is 214 g/mol. The van der Waals surface area contributed by atoms with Crippen molar-refractivity contribution >= 4 is 5.69 Å². The molecule has 0 aliphatic rings. The van der Waals surface area contributed by atoms with Gasteiger partial charge in [-0.05, 0) is 13.8 Å². The van der Waals surface area contributed by atoms with E-state index in [0.29, 0.717) is 11.4 Å². The van der Waals surface area contributed by atoms with E-state index in [1.165, 1.54) is 4.52 Å². The van der Waals surface area contributed by atoms with Gasteiger partial charge in [-0.3, -0.25) is 14.1 Å². The zero-order valence-electron chi connectivity index (χ0n) is 8.61. The molecule has 0 fully saturated rings. The molecule has 0 aliphatic heterocycles. The molecule has 0 radical (unpaired) electrons. The quantitative estimate of drug-likeness (QED) is 0.589. The van der Waals surface area contributed by atoms with E-state index in [2.05, 4.69) is 4.85 Å². The van der Waals surface area contributed by atoms with Crippen molar-refractivity contribution in [1.82, 2.24) is 9.03 Å². The van der Waals surface area contributed by atoms with E-state index in [1.54, 1.807) is 19.9 Å². The van der Waals surface area contributed by atoms with Crippen LogP contribution in [0.15, 0.2) is 9.59 Å². The van der Waals surface area contributed by atoms with Gasteiger partial charge in [-0.25, -0.2) is 4.85 Å². The zero-order valence-corrected chi connectivity index (χ0v) is 8.61. The van der Waals surface area contributed by atoms with Gasteiger partial charge in [0, 0.05) is 0 Å². The minimum absolute atomic E-state index is 0.0586. The highest BCUT2D eigenvalue weighted by atomic mass is 16.2.